The van der Waals surface area contributed by atoms with E-state index in [-0.39, 0.29) is 29.8 Å². The predicted molar refractivity (Wildman–Crippen MR) is 129 cm³/mol. The van der Waals surface area contributed by atoms with Crippen molar-refractivity contribution < 1.29 is 14.0 Å². The minimum atomic E-state index is -0.0817. The quantitative estimate of drug-likeness (QED) is 0.467. The lowest BCUT2D eigenvalue weighted by Gasteiger charge is -2.28. The van der Waals surface area contributed by atoms with Crippen LogP contribution in [0.25, 0.3) is 0 Å². The number of benzene rings is 2. The maximum Gasteiger partial charge on any atom is 0.254 e. The second-order valence-electron chi connectivity index (χ2n) is 9.81. The normalized spacial score (nSPS) is 13.5. The minimum Gasteiger partial charge on any atom is -0.467 e. The van der Waals surface area contributed by atoms with E-state index in [1.165, 1.54) is 5.56 Å². The Balaban J connectivity index is 1.51. The van der Waals surface area contributed by atoms with Crippen LogP contribution in [-0.2, 0) is 23.3 Å². The number of nitrogens with zero attached hydrogens (tertiary/aromatic N) is 2. The molecule has 0 spiro atoms. The van der Waals surface area contributed by atoms with Crippen molar-refractivity contribution in [3.8, 4) is 0 Å². The van der Waals surface area contributed by atoms with Gasteiger partial charge < -0.3 is 14.2 Å². The molecule has 5 heteroatoms. The van der Waals surface area contributed by atoms with Crippen LogP contribution in [0.4, 0.5) is 0 Å². The predicted octanol–water partition coefficient (Wildman–Crippen LogP) is 5.41. The molecule has 1 saturated carbocycles. The summed E-state index contributed by atoms with van der Waals surface area (Å²) in [7, 11) is 0. The Kier molecular flexibility index (Phi) is 6.68. The Morgan fingerprint density at radius 3 is 2.18 bits per heavy atom. The van der Waals surface area contributed by atoms with Gasteiger partial charge in [0.1, 0.15) is 12.3 Å². The van der Waals surface area contributed by atoms with Gasteiger partial charge in [-0.05, 0) is 53.6 Å². The van der Waals surface area contributed by atoms with Crippen molar-refractivity contribution >= 4 is 11.8 Å². The van der Waals surface area contributed by atoms with Crippen molar-refractivity contribution in [3.05, 3.63) is 95.4 Å². The van der Waals surface area contributed by atoms with Gasteiger partial charge in [0.15, 0.2) is 0 Å². The minimum absolute atomic E-state index is 0.0253. The summed E-state index contributed by atoms with van der Waals surface area (Å²) in [5.74, 6) is 0.562. The zero-order chi connectivity index (χ0) is 23.4. The Morgan fingerprint density at radius 1 is 0.909 bits per heavy atom. The molecule has 5 nitrogen and oxygen atoms in total. The molecule has 3 aromatic rings. The molecule has 33 heavy (non-hydrogen) atoms. The van der Waals surface area contributed by atoms with E-state index in [1.807, 2.05) is 66.7 Å². The number of carbonyl (C=O) groups excluding carboxylic acids is 2. The van der Waals surface area contributed by atoms with Gasteiger partial charge in [-0.3, -0.25) is 9.59 Å². The highest BCUT2D eigenvalue weighted by atomic mass is 16.3. The molecule has 1 aromatic heterocycles. The lowest BCUT2D eigenvalue weighted by Crippen LogP contribution is -2.43. The number of hydrogen-bond donors (Lipinski definition) is 0. The molecule has 0 atom stereocenters. The topological polar surface area (TPSA) is 53.8 Å². The standard InChI is InChI=1S/C28H32N2O3/c1-28(2,3)23-13-11-22(12-14-23)27(32)30(24-15-16-24)20-26(31)29(19-25-10-7-17-33-25)18-21-8-5-4-6-9-21/h4-14,17,24H,15-16,18-20H2,1-3H3. The van der Waals surface area contributed by atoms with Crippen LogP contribution in [0.15, 0.2) is 77.4 Å². The van der Waals surface area contributed by atoms with Crippen LogP contribution in [0.2, 0.25) is 0 Å². The maximum absolute atomic E-state index is 13.4. The number of hydrogen-bond acceptors (Lipinski definition) is 3. The summed E-state index contributed by atoms with van der Waals surface area (Å²) < 4.78 is 5.50. The molecule has 0 bridgehead atoms. The van der Waals surface area contributed by atoms with Gasteiger partial charge in [0.2, 0.25) is 5.91 Å². The first kappa shape index (κ1) is 22.8. The van der Waals surface area contributed by atoms with E-state index in [1.54, 1.807) is 16.1 Å². The molecule has 0 aliphatic heterocycles. The van der Waals surface area contributed by atoms with Crippen LogP contribution >= 0.6 is 0 Å². The van der Waals surface area contributed by atoms with E-state index in [0.29, 0.717) is 18.7 Å². The monoisotopic (exact) mass is 444 g/mol. The smallest absolute Gasteiger partial charge is 0.254 e. The summed E-state index contributed by atoms with van der Waals surface area (Å²) in [5, 5.41) is 0. The number of furan rings is 1. The number of amides is 2. The van der Waals surface area contributed by atoms with Gasteiger partial charge in [0.25, 0.3) is 5.91 Å². The molecule has 0 unspecified atom stereocenters. The first-order valence-corrected chi connectivity index (χ1v) is 11.6. The van der Waals surface area contributed by atoms with Crippen molar-refractivity contribution in [3.63, 3.8) is 0 Å². The first-order chi connectivity index (χ1) is 15.8. The number of carbonyl (C=O) groups is 2. The van der Waals surface area contributed by atoms with Crippen molar-refractivity contribution in [2.75, 3.05) is 6.54 Å². The molecule has 1 aliphatic carbocycles. The molecule has 172 valence electrons. The molecule has 4 rings (SSSR count). The van der Waals surface area contributed by atoms with E-state index in [9.17, 15) is 9.59 Å². The van der Waals surface area contributed by atoms with Gasteiger partial charge in [0, 0.05) is 18.2 Å². The summed E-state index contributed by atoms with van der Waals surface area (Å²) in [4.78, 5) is 30.3. The summed E-state index contributed by atoms with van der Waals surface area (Å²) in [6.07, 6.45) is 3.49. The van der Waals surface area contributed by atoms with Crippen LogP contribution in [0.3, 0.4) is 0 Å². The Bertz CT molecular complexity index is 1060. The second kappa shape index (κ2) is 9.65. The van der Waals surface area contributed by atoms with Crippen molar-refractivity contribution in [1.82, 2.24) is 9.80 Å². The molecule has 1 aliphatic rings. The third-order valence-electron chi connectivity index (χ3n) is 6.05. The Morgan fingerprint density at radius 2 is 1.61 bits per heavy atom. The zero-order valence-corrected chi connectivity index (χ0v) is 19.7. The fraction of sp³-hybridized carbons (Fsp3) is 0.357. The van der Waals surface area contributed by atoms with Crippen LogP contribution in [0.5, 0.6) is 0 Å². The highest BCUT2D eigenvalue weighted by Gasteiger charge is 2.35. The van der Waals surface area contributed by atoms with Crippen LogP contribution in [-0.4, -0.2) is 34.2 Å². The fourth-order valence-electron chi connectivity index (χ4n) is 3.90. The lowest BCUT2D eigenvalue weighted by atomic mass is 9.86. The molecule has 2 amide bonds. The fourth-order valence-corrected chi connectivity index (χ4v) is 3.90. The van der Waals surface area contributed by atoms with E-state index in [0.717, 1.165) is 24.2 Å². The summed E-state index contributed by atoms with van der Waals surface area (Å²) in [6.45, 7) is 7.36. The summed E-state index contributed by atoms with van der Waals surface area (Å²) in [5.41, 5.74) is 2.88. The molecule has 0 saturated heterocycles. The third kappa shape index (κ3) is 5.92. The zero-order valence-electron chi connectivity index (χ0n) is 19.7. The van der Waals surface area contributed by atoms with Gasteiger partial charge in [-0.25, -0.2) is 0 Å². The van der Waals surface area contributed by atoms with Crippen LogP contribution < -0.4 is 0 Å². The molecular formula is C28H32N2O3. The molecular weight excluding hydrogens is 412 g/mol. The van der Waals surface area contributed by atoms with Gasteiger partial charge in [-0.1, -0.05) is 63.2 Å². The Hall–Kier alpha value is -3.34. The highest BCUT2D eigenvalue weighted by Crippen LogP contribution is 2.29. The van der Waals surface area contributed by atoms with Gasteiger partial charge in [-0.2, -0.15) is 0 Å². The maximum atomic E-state index is 13.4. The van der Waals surface area contributed by atoms with Crippen molar-refractivity contribution in [1.29, 1.82) is 0 Å². The number of rotatable bonds is 8. The van der Waals surface area contributed by atoms with Gasteiger partial charge >= 0.3 is 0 Å². The average molecular weight is 445 g/mol. The molecule has 1 heterocycles. The SMILES string of the molecule is CC(C)(C)c1ccc(C(=O)N(CC(=O)N(Cc2ccccc2)Cc2ccco2)C2CC2)cc1. The molecule has 0 N–H and O–H groups in total. The molecule has 2 aromatic carbocycles. The summed E-state index contributed by atoms with van der Waals surface area (Å²) in [6, 6.07) is 21.5. The first-order valence-electron chi connectivity index (χ1n) is 11.6. The third-order valence-corrected chi connectivity index (χ3v) is 6.05. The van der Waals surface area contributed by atoms with Crippen LogP contribution in [0.1, 0.15) is 60.9 Å². The average Bonchev–Trinajstić information content (AvgIpc) is 3.52. The molecule has 0 radical (unpaired) electrons. The van der Waals surface area contributed by atoms with E-state index in [2.05, 4.69) is 20.8 Å². The lowest BCUT2D eigenvalue weighted by molar-refractivity contribution is -0.133. The van der Waals surface area contributed by atoms with E-state index < -0.39 is 0 Å². The molecule has 1 fully saturated rings. The summed E-state index contributed by atoms with van der Waals surface area (Å²) >= 11 is 0. The van der Waals surface area contributed by atoms with Crippen molar-refractivity contribution in [2.24, 2.45) is 0 Å². The van der Waals surface area contributed by atoms with Gasteiger partial charge in [-0.15, -0.1) is 0 Å². The largest absolute Gasteiger partial charge is 0.467 e. The van der Waals surface area contributed by atoms with E-state index >= 15 is 0 Å². The second-order valence-corrected chi connectivity index (χ2v) is 9.81. The van der Waals surface area contributed by atoms with E-state index in [4.69, 9.17) is 4.42 Å². The highest BCUT2D eigenvalue weighted by molar-refractivity contribution is 5.97. The van der Waals surface area contributed by atoms with Crippen molar-refractivity contribution in [2.45, 2.75) is 58.2 Å². The van der Waals surface area contributed by atoms with Crippen LogP contribution in [0, 0.1) is 0 Å². The van der Waals surface area contributed by atoms with Gasteiger partial charge in [0.05, 0.1) is 12.8 Å². The Labute approximate surface area is 196 Å².